The monoisotopic (exact) mass is 252 g/mol. The molecule has 0 N–H and O–H groups in total. The van der Waals surface area contributed by atoms with Gasteiger partial charge in [0.25, 0.3) is 0 Å². The first-order valence-electron chi connectivity index (χ1n) is 6.71. The summed E-state index contributed by atoms with van der Waals surface area (Å²) in [5.74, 6) is 2.47. The van der Waals surface area contributed by atoms with E-state index in [1.165, 1.54) is 43.0 Å². The van der Waals surface area contributed by atoms with Crippen LogP contribution in [-0.2, 0) is 0 Å². The maximum Gasteiger partial charge on any atom is 0.0359 e. The fourth-order valence-electron chi connectivity index (χ4n) is 2.64. The molecule has 3 heteroatoms. The van der Waals surface area contributed by atoms with Gasteiger partial charge in [0.05, 0.1) is 0 Å². The summed E-state index contributed by atoms with van der Waals surface area (Å²) in [5, 5.41) is 0. The molecule has 1 atom stereocenters. The highest BCUT2D eigenvalue weighted by Crippen LogP contribution is 2.24. The first kappa shape index (κ1) is 13.0. The molecule has 0 aromatic rings. The van der Waals surface area contributed by atoms with Gasteiger partial charge in [-0.15, -0.1) is 0 Å². The summed E-state index contributed by atoms with van der Waals surface area (Å²) in [6.07, 6.45) is 9.71. The van der Waals surface area contributed by atoms with Gasteiger partial charge in [-0.3, -0.25) is 4.90 Å². The molecule has 0 radical (unpaired) electrons. The quantitative estimate of drug-likeness (QED) is 0.695. The Bertz CT molecular complexity index is 299. The second-order valence-electron chi connectivity index (χ2n) is 4.86. The number of rotatable bonds is 5. The third-order valence-corrected chi connectivity index (χ3v) is 4.49. The van der Waals surface area contributed by atoms with E-state index in [-0.39, 0.29) is 0 Å². The van der Waals surface area contributed by atoms with Crippen molar-refractivity contribution in [1.29, 1.82) is 0 Å². The molecule has 96 valence electrons. The van der Waals surface area contributed by atoms with Crippen LogP contribution in [0.3, 0.4) is 0 Å². The molecule has 1 unspecified atom stereocenters. The topological polar surface area (TPSA) is 6.48 Å². The van der Waals surface area contributed by atoms with Gasteiger partial charge in [0.2, 0.25) is 0 Å². The van der Waals surface area contributed by atoms with Gasteiger partial charge in [-0.05, 0) is 37.8 Å². The molecule has 2 aliphatic heterocycles. The molecule has 0 aromatic carbocycles. The fourth-order valence-corrected chi connectivity index (χ4v) is 3.29. The largest absolute Gasteiger partial charge is 0.373 e. The van der Waals surface area contributed by atoms with Crippen molar-refractivity contribution >= 4 is 11.8 Å². The summed E-state index contributed by atoms with van der Waals surface area (Å²) >= 11 is 2.03. The molecule has 1 saturated heterocycles. The predicted molar refractivity (Wildman–Crippen MR) is 77.4 cm³/mol. The summed E-state index contributed by atoms with van der Waals surface area (Å²) in [6.45, 7) is 5.75. The van der Waals surface area contributed by atoms with E-state index in [4.69, 9.17) is 0 Å². The van der Waals surface area contributed by atoms with E-state index in [1.54, 1.807) is 0 Å². The zero-order valence-electron chi connectivity index (χ0n) is 11.1. The molecule has 2 nitrogen and oxygen atoms in total. The van der Waals surface area contributed by atoms with Gasteiger partial charge in [-0.2, -0.15) is 11.8 Å². The molecule has 0 aliphatic carbocycles. The Morgan fingerprint density at radius 3 is 3.06 bits per heavy atom. The summed E-state index contributed by atoms with van der Waals surface area (Å²) in [6, 6.07) is 0.660. The fraction of sp³-hybridized carbons (Fsp3) is 0.714. The van der Waals surface area contributed by atoms with E-state index in [2.05, 4.69) is 42.1 Å². The molecule has 0 saturated carbocycles. The van der Waals surface area contributed by atoms with Crippen LogP contribution in [0.5, 0.6) is 0 Å². The molecule has 2 rings (SSSR count). The third-order valence-electron chi connectivity index (χ3n) is 3.61. The van der Waals surface area contributed by atoms with Crippen molar-refractivity contribution in [3.63, 3.8) is 0 Å². The Hall–Kier alpha value is -0.410. The SMILES string of the molecule is CCSCCN1C=C(C2CCCN2C)C=CC1. The Morgan fingerprint density at radius 1 is 1.47 bits per heavy atom. The van der Waals surface area contributed by atoms with E-state index in [0.29, 0.717) is 6.04 Å². The van der Waals surface area contributed by atoms with Gasteiger partial charge in [0, 0.05) is 31.1 Å². The van der Waals surface area contributed by atoms with Crippen LogP contribution in [0, 0.1) is 0 Å². The Kier molecular flexibility index (Phi) is 4.99. The second kappa shape index (κ2) is 6.50. The Labute approximate surface area is 110 Å². The molecule has 2 aliphatic rings. The van der Waals surface area contributed by atoms with Gasteiger partial charge in [0.1, 0.15) is 0 Å². The zero-order valence-corrected chi connectivity index (χ0v) is 11.9. The normalized spacial score (nSPS) is 25.4. The van der Waals surface area contributed by atoms with E-state index in [9.17, 15) is 0 Å². The van der Waals surface area contributed by atoms with Crippen LogP contribution in [0.1, 0.15) is 19.8 Å². The van der Waals surface area contributed by atoms with Crippen LogP contribution in [-0.4, -0.2) is 54.0 Å². The van der Waals surface area contributed by atoms with Gasteiger partial charge < -0.3 is 4.90 Å². The number of hydrogen-bond donors (Lipinski definition) is 0. The van der Waals surface area contributed by atoms with Crippen molar-refractivity contribution in [2.75, 3.05) is 38.2 Å². The van der Waals surface area contributed by atoms with Crippen LogP contribution in [0.4, 0.5) is 0 Å². The van der Waals surface area contributed by atoms with Crippen LogP contribution in [0.15, 0.2) is 23.9 Å². The molecular formula is C14H24N2S. The van der Waals surface area contributed by atoms with Crippen molar-refractivity contribution in [2.24, 2.45) is 0 Å². The highest BCUT2D eigenvalue weighted by atomic mass is 32.2. The van der Waals surface area contributed by atoms with E-state index in [1.807, 2.05) is 11.8 Å². The van der Waals surface area contributed by atoms with Gasteiger partial charge in [-0.1, -0.05) is 19.1 Å². The Balaban J connectivity index is 1.90. The molecule has 17 heavy (non-hydrogen) atoms. The summed E-state index contributed by atoms with van der Waals surface area (Å²) in [7, 11) is 2.25. The molecule has 1 fully saturated rings. The highest BCUT2D eigenvalue weighted by molar-refractivity contribution is 7.99. The number of likely N-dealkylation sites (N-methyl/N-ethyl adjacent to an activating group) is 1. The van der Waals surface area contributed by atoms with Crippen LogP contribution < -0.4 is 0 Å². The summed E-state index contributed by atoms with van der Waals surface area (Å²) < 4.78 is 0. The standard InChI is InChI=1S/C14H24N2S/c1-3-17-11-10-16-9-4-6-13(12-16)14-7-5-8-15(14)2/h4,6,12,14H,3,5,7-11H2,1-2H3. The maximum atomic E-state index is 2.49. The average molecular weight is 252 g/mol. The lowest BCUT2D eigenvalue weighted by atomic mass is 10.0. The van der Waals surface area contributed by atoms with Crippen molar-refractivity contribution in [3.05, 3.63) is 23.9 Å². The lowest BCUT2D eigenvalue weighted by Crippen LogP contribution is -2.30. The second-order valence-corrected chi connectivity index (χ2v) is 6.26. The van der Waals surface area contributed by atoms with Gasteiger partial charge >= 0.3 is 0 Å². The van der Waals surface area contributed by atoms with Crippen molar-refractivity contribution in [1.82, 2.24) is 9.80 Å². The Morgan fingerprint density at radius 2 is 2.35 bits per heavy atom. The van der Waals surface area contributed by atoms with Crippen LogP contribution in [0.25, 0.3) is 0 Å². The predicted octanol–water partition coefficient (Wildman–Crippen LogP) is 2.59. The minimum Gasteiger partial charge on any atom is -0.373 e. The minimum atomic E-state index is 0.660. The molecule has 0 spiro atoms. The third kappa shape index (κ3) is 3.52. The van der Waals surface area contributed by atoms with Crippen molar-refractivity contribution in [2.45, 2.75) is 25.8 Å². The first-order valence-corrected chi connectivity index (χ1v) is 7.87. The molecule has 0 amide bonds. The smallest absolute Gasteiger partial charge is 0.0359 e. The number of thioether (sulfide) groups is 1. The van der Waals surface area contributed by atoms with Gasteiger partial charge in [0.15, 0.2) is 0 Å². The summed E-state index contributed by atoms with van der Waals surface area (Å²) in [5.41, 5.74) is 1.51. The van der Waals surface area contributed by atoms with E-state index in [0.717, 1.165) is 6.54 Å². The number of likely N-dealkylation sites (tertiary alicyclic amines) is 1. The van der Waals surface area contributed by atoms with Gasteiger partial charge in [-0.25, -0.2) is 0 Å². The lowest BCUT2D eigenvalue weighted by molar-refractivity contribution is 0.338. The maximum absolute atomic E-state index is 2.49. The molecule has 0 bridgehead atoms. The lowest BCUT2D eigenvalue weighted by Gasteiger charge is -2.28. The summed E-state index contributed by atoms with van der Waals surface area (Å²) in [4.78, 5) is 4.95. The van der Waals surface area contributed by atoms with E-state index >= 15 is 0 Å². The zero-order chi connectivity index (χ0) is 12.1. The molecular weight excluding hydrogens is 228 g/mol. The average Bonchev–Trinajstić information content (AvgIpc) is 2.76. The molecule has 2 heterocycles. The number of hydrogen-bond acceptors (Lipinski definition) is 3. The van der Waals surface area contributed by atoms with Crippen molar-refractivity contribution < 1.29 is 0 Å². The van der Waals surface area contributed by atoms with E-state index < -0.39 is 0 Å². The first-order chi connectivity index (χ1) is 8.31. The highest BCUT2D eigenvalue weighted by Gasteiger charge is 2.24. The molecule has 0 aromatic heterocycles. The number of nitrogens with zero attached hydrogens (tertiary/aromatic N) is 2. The van der Waals surface area contributed by atoms with Crippen molar-refractivity contribution in [3.8, 4) is 0 Å². The minimum absolute atomic E-state index is 0.660. The van der Waals surface area contributed by atoms with Crippen LogP contribution in [0.2, 0.25) is 0 Å². The van der Waals surface area contributed by atoms with Crippen LogP contribution >= 0.6 is 11.8 Å².